The molecule has 0 saturated heterocycles. The van der Waals surface area contributed by atoms with Crippen LogP contribution in [0.3, 0.4) is 0 Å². The van der Waals surface area contributed by atoms with E-state index in [1.165, 1.54) is 18.3 Å². The number of anilines is 1. The highest BCUT2D eigenvalue weighted by atomic mass is 19.1. The van der Waals surface area contributed by atoms with Gasteiger partial charge in [-0.15, -0.1) is 0 Å². The molecule has 33 heavy (non-hydrogen) atoms. The Morgan fingerprint density at radius 1 is 1.03 bits per heavy atom. The first-order valence-electron chi connectivity index (χ1n) is 10.7. The van der Waals surface area contributed by atoms with Gasteiger partial charge in [0.05, 0.1) is 11.9 Å². The number of hydrogen-bond acceptors (Lipinski definition) is 3. The molecule has 0 atom stereocenters. The number of carbonyl (C=O) groups is 2. The Balaban J connectivity index is 1.36. The van der Waals surface area contributed by atoms with Crippen molar-refractivity contribution in [3.63, 3.8) is 0 Å². The fraction of sp³-hybridized carbons (Fsp3) is 0.160. The number of nitrogens with one attached hydrogen (secondary N) is 2. The number of nitrogens with zero attached hydrogens (tertiary/aromatic N) is 3. The largest absolute Gasteiger partial charge is 0.348 e. The molecule has 0 unspecified atom stereocenters. The lowest BCUT2D eigenvalue weighted by Crippen LogP contribution is -2.24. The lowest BCUT2D eigenvalue weighted by atomic mass is 10.2. The van der Waals surface area contributed by atoms with Crippen molar-refractivity contribution in [2.24, 2.45) is 5.92 Å². The second kappa shape index (κ2) is 8.74. The van der Waals surface area contributed by atoms with Crippen LogP contribution in [-0.2, 0) is 11.3 Å². The van der Waals surface area contributed by atoms with Crippen LogP contribution < -0.4 is 10.6 Å². The summed E-state index contributed by atoms with van der Waals surface area (Å²) >= 11 is 0. The third kappa shape index (κ3) is 4.55. The molecule has 2 aromatic heterocycles. The first-order chi connectivity index (χ1) is 16.1. The zero-order chi connectivity index (χ0) is 22.8. The number of carbonyl (C=O) groups excluding carboxylic acids is 2. The summed E-state index contributed by atoms with van der Waals surface area (Å²) in [5.41, 5.74) is 2.60. The minimum absolute atomic E-state index is 0.0424. The molecule has 2 N–H and O–H groups in total. The molecule has 0 radical (unpaired) electrons. The molecule has 2 heterocycles. The van der Waals surface area contributed by atoms with Crippen LogP contribution in [0.15, 0.2) is 79.3 Å². The average molecular weight is 443 g/mol. The smallest absolute Gasteiger partial charge is 0.256 e. The van der Waals surface area contributed by atoms with Gasteiger partial charge in [0.2, 0.25) is 5.91 Å². The van der Waals surface area contributed by atoms with Crippen LogP contribution in [0.1, 0.15) is 28.8 Å². The minimum atomic E-state index is -0.345. The van der Waals surface area contributed by atoms with E-state index < -0.39 is 0 Å². The van der Waals surface area contributed by atoms with Gasteiger partial charge in [-0.2, -0.15) is 5.10 Å². The maximum Gasteiger partial charge on any atom is 0.256 e. The Kier molecular flexibility index (Phi) is 5.48. The summed E-state index contributed by atoms with van der Waals surface area (Å²) in [6, 6.07) is 17.1. The number of halogens is 1. The number of aromatic nitrogens is 3. The first kappa shape index (κ1) is 20.7. The van der Waals surface area contributed by atoms with Gasteiger partial charge in [0.25, 0.3) is 5.91 Å². The van der Waals surface area contributed by atoms with E-state index in [1.54, 1.807) is 21.4 Å². The standard InChI is InChI=1S/C25H22FN5O2/c26-19-8-10-21(11-9-19)31-25(30-12-1-2-13-30)22(16-28-31)24(33)27-15-17-4-3-5-20(14-17)29-23(32)18-6-7-18/h1-5,8-14,16,18H,6-7,15H2,(H,27,33)(H,29,32). The molecule has 8 heteroatoms. The van der Waals surface area contributed by atoms with Crippen LogP contribution in [0.2, 0.25) is 0 Å². The second-order valence-electron chi connectivity index (χ2n) is 8.01. The molecule has 5 rings (SSSR count). The molecule has 0 spiro atoms. The topological polar surface area (TPSA) is 81.0 Å². The minimum Gasteiger partial charge on any atom is -0.348 e. The van der Waals surface area contributed by atoms with Crippen molar-refractivity contribution >= 4 is 17.5 Å². The van der Waals surface area contributed by atoms with Crippen LogP contribution in [0, 0.1) is 11.7 Å². The quantitative estimate of drug-likeness (QED) is 0.452. The number of benzene rings is 2. The highest BCUT2D eigenvalue weighted by molar-refractivity contribution is 5.97. The second-order valence-corrected chi connectivity index (χ2v) is 8.01. The van der Waals surface area contributed by atoms with Crippen LogP contribution in [0.25, 0.3) is 11.5 Å². The Morgan fingerprint density at radius 2 is 1.79 bits per heavy atom. The molecule has 0 bridgehead atoms. The van der Waals surface area contributed by atoms with E-state index in [4.69, 9.17) is 0 Å². The Bertz CT molecular complexity index is 1290. The van der Waals surface area contributed by atoms with E-state index in [-0.39, 0.29) is 23.5 Å². The molecule has 1 aliphatic rings. The van der Waals surface area contributed by atoms with Crippen molar-refractivity contribution in [1.29, 1.82) is 0 Å². The fourth-order valence-electron chi connectivity index (χ4n) is 3.62. The molecular weight excluding hydrogens is 421 g/mol. The highest BCUT2D eigenvalue weighted by Gasteiger charge is 2.29. The maximum absolute atomic E-state index is 13.4. The van der Waals surface area contributed by atoms with Crippen molar-refractivity contribution in [1.82, 2.24) is 19.7 Å². The molecule has 4 aromatic rings. The summed E-state index contributed by atoms with van der Waals surface area (Å²) in [5.74, 6) is 0.0786. The number of hydrogen-bond donors (Lipinski definition) is 2. The lowest BCUT2D eigenvalue weighted by molar-refractivity contribution is -0.117. The van der Waals surface area contributed by atoms with E-state index in [2.05, 4.69) is 15.7 Å². The van der Waals surface area contributed by atoms with Gasteiger partial charge in [-0.3, -0.25) is 9.59 Å². The molecule has 1 aliphatic carbocycles. The van der Waals surface area contributed by atoms with E-state index >= 15 is 0 Å². The Morgan fingerprint density at radius 3 is 2.52 bits per heavy atom. The third-order valence-electron chi connectivity index (χ3n) is 5.50. The fourth-order valence-corrected chi connectivity index (χ4v) is 3.62. The summed E-state index contributed by atoms with van der Waals surface area (Å²) in [6.07, 6.45) is 7.02. The first-order valence-corrected chi connectivity index (χ1v) is 10.7. The third-order valence-corrected chi connectivity index (χ3v) is 5.50. The molecular formula is C25H22FN5O2. The highest BCUT2D eigenvalue weighted by Crippen LogP contribution is 2.30. The average Bonchev–Trinajstić information content (AvgIpc) is 3.36. The summed E-state index contributed by atoms with van der Waals surface area (Å²) in [6.45, 7) is 0.290. The number of rotatable bonds is 7. The molecule has 1 fully saturated rings. The Hall–Kier alpha value is -4.20. The van der Waals surface area contributed by atoms with E-state index in [0.717, 1.165) is 24.1 Å². The summed E-state index contributed by atoms with van der Waals surface area (Å²) in [7, 11) is 0. The summed E-state index contributed by atoms with van der Waals surface area (Å²) in [5, 5.41) is 10.2. The van der Waals surface area contributed by atoms with Gasteiger partial charge in [-0.1, -0.05) is 12.1 Å². The molecule has 7 nitrogen and oxygen atoms in total. The zero-order valence-electron chi connectivity index (χ0n) is 17.7. The van der Waals surface area contributed by atoms with Crippen LogP contribution in [-0.4, -0.2) is 26.2 Å². The van der Waals surface area contributed by atoms with Gasteiger partial charge < -0.3 is 15.2 Å². The van der Waals surface area contributed by atoms with Crippen LogP contribution in [0.4, 0.5) is 10.1 Å². The number of amides is 2. The van der Waals surface area contributed by atoms with Crippen molar-refractivity contribution in [3.05, 3.63) is 96.2 Å². The van der Waals surface area contributed by atoms with Crippen LogP contribution >= 0.6 is 0 Å². The SMILES string of the molecule is O=C(NCc1cccc(NC(=O)C2CC2)c1)c1cnn(-c2ccc(F)cc2)c1-n1cccc1. The summed E-state index contributed by atoms with van der Waals surface area (Å²) in [4.78, 5) is 25.1. The van der Waals surface area contributed by atoms with E-state index in [9.17, 15) is 14.0 Å². The van der Waals surface area contributed by atoms with Gasteiger partial charge in [-0.25, -0.2) is 9.07 Å². The molecule has 166 valence electrons. The summed E-state index contributed by atoms with van der Waals surface area (Å²) < 4.78 is 16.8. The molecule has 0 aliphatic heterocycles. The van der Waals surface area contributed by atoms with Crippen LogP contribution in [0.5, 0.6) is 0 Å². The Labute approximate surface area is 189 Å². The van der Waals surface area contributed by atoms with Gasteiger partial charge in [0, 0.05) is 30.5 Å². The normalized spacial score (nSPS) is 13.0. The molecule has 2 aromatic carbocycles. The van der Waals surface area contributed by atoms with Crippen molar-refractivity contribution in [3.8, 4) is 11.5 Å². The molecule has 1 saturated carbocycles. The van der Waals surface area contributed by atoms with Gasteiger partial charge in [0.15, 0.2) is 5.82 Å². The van der Waals surface area contributed by atoms with E-state index in [0.29, 0.717) is 23.6 Å². The zero-order valence-corrected chi connectivity index (χ0v) is 17.7. The van der Waals surface area contributed by atoms with Gasteiger partial charge in [-0.05, 0) is 66.9 Å². The van der Waals surface area contributed by atoms with Crippen molar-refractivity contribution < 1.29 is 14.0 Å². The van der Waals surface area contributed by atoms with Crippen molar-refractivity contribution in [2.75, 3.05) is 5.32 Å². The monoisotopic (exact) mass is 443 g/mol. The van der Waals surface area contributed by atoms with E-state index in [1.807, 2.05) is 48.8 Å². The van der Waals surface area contributed by atoms with Gasteiger partial charge in [0.1, 0.15) is 11.4 Å². The molecule has 2 amide bonds. The van der Waals surface area contributed by atoms with Gasteiger partial charge >= 0.3 is 0 Å². The predicted octanol–water partition coefficient (Wildman–Crippen LogP) is 4.08. The maximum atomic E-state index is 13.4. The predicted molar refractivity (Wildman–Crippen MR) is 122 cm³/mol. The lowest BCUT2D eigenvalue weighted by Gasteiger charge is -2.12. The van der Waals surface area contributed by atoms with Crippen molar-refractivity contribution in [2.45, 2.75) is 19.4 Å².